The minimum Gasteiger partial charge on any atom is -0.478 e. The first kappa shape index (κ1) is 14.1. The van der Waals surface area contributed by atoms with E-state index < -0.39 is 5.97 Å². The molecule has 0 saturated carbocycles. The minimum absolute atomic E-state index is 0.181. The molecule has 17 heavy (non-hydrogen) atoms. The number of hydrogen-bond acceptors (Lipinski definition) is 1. The molecule has 0 atom stereocenters. The van der Waals surface area contributed by atoms with Gasteiger partial charge in [0.05, 0.1) is 10.0 Å². The van der Waals surface area contributed by atoms with E-state index in [4.69, 9.17) is 28.3 Å². The van der Waals surface area contributed by atoms with Gasteiger partial charge in [-0.05, 0) is 30.0 Å². The van der Waals surface area contributed by atoms with Gasteiger partial charge >= 0.3 is 5.97 Å². The monoisotopic (exact) mass is 272 g/mol. The van der Waals surface area contributed by atoms with Crippen LogP contribution in [0.15, 0.2) is 29.8 Å². The topological polar surface area (TPSA) is 37.3 Å². The zero-order chi connectivity index (χ0) is 13.0. The summed E-state index contributed by atoms with van der Waals surface area (Å²) in [5.74, 6) is -0.741. The Kier molecular flexibility index (Phi) is 5.03. The van der Waals surface area contributed by atoms with Crippen LogP contribution in [-0.2, 0) is 11.2 Å². The number of benzene rings is 1. The molecule has 1 aromatic rings. The summed E-state index contributed by atoms with van der Waals surface area (Å²) >= 11 is 11.7. The summed E-state index contributed by atoms with van der Waals surface area (Å²) < 4.78 is 0. The summed E-state index contributed by atoms with van der Waals surface area (Å²) in [5.41, 5.74) is 1.82. The summed E-state index contributed by atoms with van der Waals surface area (Å²) in [6, 6.07) is 5.34. The summed E-state index contributed by atoms with van der Waals surface area (Å²) in [7, 11) is 0. The molecule has 1 N–H and O–H groups in total. The van der Waals surface area contributed by atoms with Crippen molar-refractivity contribution in [2.75, 3.05) is 0 Å². The van der Waals surface area contributed by atoms with Crippen molar-refractivity contribution in [2.45, 2.75) is 20.3 Å². The van der Waals surface area contributed by atoms with E-state index >= 15 is 0 Å². The summed E-state index contributed by atoms with van der Waals surface area (Å²) in [4.78, 5) is 10.7. The smallest absolute Gasteiger partial charge is 0.328 e. The van der Waals surface area contributed by atoms with E-state index in [1.807, 2.05) is 19.9 Å². The first-order valence-electron chi connectivity index (χ1n) is 5.27. The first-order valence-corrected chi connectivity index (χ1v) is 6.03. The van der Waals surface area contributed by atoms with Crippen molar-refractivity contribution < 1.29 is 9.90 Å². The van der Waals surface area contributed by atoms with Crippen molar-refractivity contribution in [1.82, 2.24) is 0 Å². The Balaban J connectivity index is 2.94. The molecule has 0 amide bonds. The molecule has 92 valence electrons. The summed E-state index contributed by atoms with van der Waals surface area (Å²) in [6.45, 7) is 3.93. The summed E-state index contributed by atoms with van der Waals surface area (Å²) in [6.07, 6.45) is 1.83. The van der Waals surface area contributed by atoms with Crippen LogP contribution in [0.3, 0.4) is 0 Å². The maximum Gasteiger partial charge on any atom is 0.328 e. The predicted molar refractivity (Wildman–Crippen MR) is 70.7 cm³/mol. The van der Waals surface area contributed by atoms with Gasteiger partial charge in [-0.15, -0.1) is 0 Å². The van der Waals surface area contributed by atoms with Gasteiger partial charge < -0.3 is 5.11 Å². The first-order chi connectivity index (χ1) is 7.90. The highest BCUT2D eigenvalue weighted by Crippen LogP contribution is 2.25. The lowest BCUT2D eigenvalue weighted by molar-refractivity contribution is -0.131. The lowest BCUT2D eigenvalue weighted by Crippen LogP contribution is -2.02. The third-order valence-electron chi connectivity index (χ3n) is 2.44. The van der Waals surface area contributed by atoms with Gasteiger partial charge in [0.15, 0.2) is 0 Å². The molecular weight excluding hydrogens is 259 g/mol. The van der Waals surface area contributed by atoms with Crippen LogP contribution < -0.4 is 0 Å². The molecule has 1 aromatic carbocycles. The molecule has 2 nitrogen and oxygen atoms in total. The van der Waals surface area contributed by atoms with Gasteiger partial charge in [0.2, 0.25) is 0 Å². The second-order valence-corrected chi connectivity index (χ2v) is 4.95. The van der Waals surface area contributed by atoms with Gasteiger partial charge in [-0.3, -0.25) is 0 Å². The van der Waals surface area contributed by atoms with Crippen LogP contribution in [0, 0.1) is 5.92 Å². The number of carbonyl (C=O) groups is 1. The summed E-state index contributed by atoms with van der Waals surface area (Å²) in [5, 5.41) is 9.78. The molecule has 0 aliphatic heterocycles. The Hall–Kier alpha value is -0.990. The number of halogens is 2. The molecule has 0 aromatic heterocycles. The van der Waals surface area contributed by atoms with E-state index in [1.54, 1.807) is 12.1 Å². The van der Waals surface area contributed by atoms with E-state index in [9.17, 15) is 4.79 Å². The van der Waals surface area contributed by atoms with Gasteiger partial charge in [0.25, 0.3) is 0 Å². The zero-order valence-corrected chi connectivity index (χ0v) is 11.2. The van der Waals surface area contributed by atoms with Crippen LogP contribution in [0.1, 0.15) is 19.4 Å². The molecule has 0 aliphatic carbocycles. The van der Waals surface area contributed by atoms with Crippen molar-refractivity contribution in [3.63, 3.8) is 0 Å². The van der Waals surface area contributed by atoms with Gasteiger partial charge in [0, 0.05) is 6.08 Å². The fourth-order valence-electron chi connectivity index (χ4n) is 1.47. The van der Waals surface area contributed by atoms with Gasteiger partial charge in [-0.25, -0.2) is 4.79 Å². The average Bonchev–Trinajstić information content (AvgIpc) is 2.21. The van der Waals surface area contributed by atoms with Crippen LogP contribution >= 0.6 is 23.2 Å². The van der Waals surface area contributed by atoms with Gasteiger partial charge in [0.1, 0.15) is 0 Å². The average molecular weight is 273 g/mol. The standard InChI is InChI=1S/C13H14Cl2O2/c1-8(2)10(7-13(16)17)5-9-3-4-11(14)12(15)6-9/h3-4,6-8H,5H2,1-2H3,(H,16,17)/b10-7-. The van der Waals surface area contributed by atoms with Crippen molar-refractivity contribution in [3.8, 4) is 0 Å². The fraction of sp³-hybridized carbons (Fsp3) is 0.308. The Morgan fingerprint density at radius 1 is 1.35 bits per heavy atom. The third-order valence-corrected chi connectivity index (χ3v) is 3.18. The molecule has 4 heteroatoms. The maximum atomic E-state index is 10.7. The van der Waals surface area contributed by atoms with Crippen LogP contribution in [-0.4, -0.2) is 11.1 Å². The van der Waals surface area contributed by atoms with Crippen LogP contribution in [0.25, 0.3) is 0 Å². The van der Waals surface area contributed by atoms with E-state index in [0.29, 0.717) is 16.5 Å². The molecule has 1 rings (SSSR count). The minimum atomic E-state index is -0.922. The number of allylic oxidation sites excluding steroid dienone is 1. The molecule has 0 bridgehead atoms. The van der Waals surface area contributed by atoms with Crippen LogP contribution in [0.4, 0.5) is 0 Å². The Labute approximate surface area is 111 Å². The van der Waals surface area contributed by atoms with E-state index in [1.165, 1.54) is 6.08 Å². The quantitative estimate of drug-likeness (QED) is 0.834. The molecule has 0 unspecified atom stereocenters. The van der Waals surface area contributed by atoms with Crippen molar-refractivity contribution in [2.24, 2.45) is 5.92 Å². The van der Waals surface area contributed by atoms with E-state index in [-0.39, 0.29) is 5.92 Å². The van der Waals surface area contributed by atoms with Crippen LogP contribution in [0.5, 0.6) is 0 Å². The fourth-order valence-corrected chi connectivity index (χ4v) is 1.79. The Morgan fingerprint density at radius 3 is 2.47 bits per heavy atom. The zero-order valence-electron chi connectivity index (χ0n) is 9.71. The van der Waals surface area contributed by atoms with Crippen molar-refractivity contribution in [1.29, 1.82) is 0 Å². The van der Waals surface area contributed by atoms with E-state index in [2.05, 4.69) is 0 Å². The number of hydrogen-bond donors (Lipinski definition) is 1. The highest BCUT2D eigenvalue weighted by molar-refractivity contribution is 6.42. The normalized spacial score (nSPS) is 11.9. The molecule has 0 heterocycles. The lowest BCUT2D eigenvalue weighted by Gasteiger charge is -2.11. The molecular formula is C13H14Cl2O2. The van der Waals surface area contributed by atoms with Gasteiger partial charge in [-0.2, -0.15) is 0 Å². The Bertz CT molecular complexity index is 451. The molecule has 0 aliphatic rings. The highest BCUT2D eigenvalue weighted by Gasteiger charge is 2.08. The second kappa shape index (κ2) is 6.08. The molecule has 0 radical (unpaired) electrons. The van der Waals surface area contributed by atoms with Crippen LogP contribution in [0.2, 0.25) is 10.0 Å². The van der Waals surface area contributed by atoms with E-state index in [0.717, 1.165) is 11.1 Å². The number of carboxylic acid groups (broad SMARTS) is 1. The SMILES string of the molecule is CC(C)/C(=C\C(=O)O)Cc1ccc(Cl)c(Cl)c1. The largest absolute Gasteiger partial charge is 0.478 e. The molecule has 0 spiro atoms. The third kappa shape index (κ3) is 4.41. The van der Waals surface area contributed by atoms with Crippen molar-refractivity contribution in [3.05, 3.63) is 45.5 Å². The maximum absolute atomic E-state index is 10.7. The number of carboxylic acids is 1. The Morgan fingerprint density at radius 2 is 2.00 bits per heavy atom. The van der Waals surface area contributed by atoms with Gasteiger partial charge in [-0.1, -0.05) is 48.7 Å². The predicted octanol–water partition coefficient (Wildman–Crippen LogP) is 4.20. The molecule has 0 saturated heterocycles. The lowest BCUT2D eigenvalue weighted by atomic mass is 9.95. The van der Waals surface area contributed by atoms with Crippen molar-refractivity contribution >= 4 is 29.2 Å². The number of aliphatic carboxylic acids is 1. The second-order valence-electron chi connectivity index (χ2n) is 4.14. The number of rotatable bonds is 4. The molecule has 0 fully saturated rings. The highest BCUT2D eigenvalue weighted by atomic mass is 35.5.